The van der Waals surface area contributed by atoms with Crippen molar-refractivity contribution < 1.29 is 0 Å². The lowest BCUT2D eigenvalue weighted by atomic mass is 10.5. The highest BCUT2D eigenvalue weighted by Gasteiger charge is 1.86. The molecule has 0 heterocycles. The van der Waals surface area contributed by atoms with Crippen LogP contribution in [0.1, 0.15) is 6.42 Å². The van der Waals surface area contributed by atoms with Crippen molar-refractivity contribution >= 4 is 35.0 Å². The van der Waals surface area contributed by atoms with E-state index in [1.807, 2.05) is 0 Å². The van der Waals surface area contributed by atoms with E-state index in [1.54, 1.807) is 17.8 Å². The lowest BCUT2D eigenvalue weighted by Gasteiger charge is -1.93. The maximum atomic E-state index is 5.38. The Bertz CT molecular complexity index is 102. The zero-order valence-corrected chi connectivity index (χ0v) is 7.98. The minimum absolute atomic E-state index is 0.347. The van der Waals surface area contributed by atoms with Crippen LogP contribution in [0.2, 0.25) is 0 Å². The summed E-state index contributed by atoms with van der Waals surface area (Å²) in [5, 5.41) is 0. The minimum Gasteiger partial charge on any atom is -0.330 e. The van der Waals surface area contributed by atoms with Crippen molar-refractivity contribution in [1.29, 1.82) is 0 Å². The molecule has 0 radical (unpaired) electrons. The summed E-state index contributed by atoms with van der Waals surface area (Å²) in [5.74, 6) is 1.95. The minimum atomic E-state index is 0.347. The summed E-state index contributed by atoms with van der Waals surface area (Å²) in [6, 6.07) is 0. The van der Waals surface area contributed by atoms with Gasteiger partial charge in [0, 0.05) is 5.75 Å². The fraction of sp³-hybridized carbons (Fsp3) is 0.667. The molecule has 0 fully saturated rings. The van der Waals surface area contributed by atoms with Crippen LogP contribution in [-0.2, 0) is 0 Å². The van der Waals surface area contributed by atoms with Gasteiger partial charge in [0.15, 0.2) is 0 Å². The quantitative estimate of drug-likeness (QED) is 0.689. The van der Waals surface area contributed by atoms with Gasteiger partial charge in [-0.2, -0.15) is 11.8 Å². The van der Waals surface area contributed by atoms with Crippen LogP contribution in [0.3, 0.4) is 0 Å². The summed E-state index contributed by atoms with van der Waals surface area (Å²) in [6.45, 7) is 0.755. The molecule has 0 spiro atoms. The molecule has 0 unspecified atom stereocenters. The average Bonchev–Trinajstić information content (AvgIpc) is 1.87. The zero-order chi connectivity index (χ0) is 7.82. The molecule has 10 heavy (non-hydrogen) atoms. The van der Waals surface area contributed by atoms with Gasteiger partial charge >= 0.3 is 0 Å². The van der Waals surface area contributed by atoms with Crippen LogP contribution in [0.5, 0.6) is 0 Å². The average molecular weight is 200 g/mol. The van der Waals surface area contributed by atoms with Crippen LogP contribution >= 0.6 is 35.0 Å². The van der Waals surface area contributed by atoms with E-state index < -0.39 is 0 Å². The predicted molar refractivity (Wildman–Crippen MR) is 50.8 cm³/mol. The van der Waals surface area contributed by atoms with Crippen LogP contribution in [-0.4, -0.2) is 18.1 Å². The molecule has 0 aromatic carbocycles. The third-order valence-corrected chi connectivity index (χ3v) is 2.14. The molecular weight excluding hydrogens is 189 g/mol. The van der Waals surface area contributed by atoms with Gasteiger partial charge in [-0.3, -0.25) is 0 Å². The number of thioether (sulfide) groups is 1. The summed E-state index contributed by atoms with van der Waals surface area (Å²) in [5.41, 5.74) is 5.29. The van der Waals surface area contributed by atoms with Crippen LogP contribution < -0.4 is 5.73 Å². The summed E-state index contributed by atoms with van der Waals surface area (Å²) in [4.78, 5) is 0. The van der Waals surface area contributed by atoms with E-state index in [2.05, 4.69) is 0 Å². The summed E-state index contributed by atoms with van der Waals surface area (Å²) < 4.78 is 0.347. The molecule has 0 atom stereocenters. The molecule has 0 saturated carbocycles. The smallest absolute Gasteiger partial charge is 0.103 e. The molecule has 0 bridgehead atoms. The van der Waals surface area contributed by atoms with Gasteiger partial charge in [-0.05, 0) is 24.8 Å². The van der Waals surface area contributed by atoms with Crippen LogP contribution in [0.15, 0.2) is 10.6 Å². The number of nitrogens with two attached hydrogens (primary N) is 1. The van der Waals surface area contributed by atoms with Gasteiger partial charge in [0.2, 0.25) is 0 Å². The van der Waals surface area contributed by atoms with Gasteiger partial charge in [0.25, 0.3) is 0 Å². The number of halogens is 2. The van der Waals surface area contributed by atoms with E-state index >= 15 is 0 Å². The Balaban J connectivity index is 2.98. The Labute approximate surface area is 75.9 Å². The topological polar surface area (TPSA) is 26.0 Å². The third-order valence-electron chi connectivity index (χ3n) is 0.848. The Hall–Kier alpha value is 0.630. The lowest BCUT2D eigenvalue weighted by Crippen LogP contribution is -1.99. The highest BCUT2D eigenvalue weighted by molar-refractivity contribution is 7.99. The maximum absolute atomic E-state index is 5.38. The van der Waals surface area contributed by atoms with E-state index in [0.29, 0.717) is 4.49 Å². The first-order valence-electron chi connectivity index (χ1n) is 3.06. The van der Waals surface area contributed by atoms with Gasteiger partial charge in [-0.15, -0.1) is 0 Å². The van der Waals surface area contributed by atoms with Crippen LogP contribution in [0, 0.1) is 0 Å². The summed E-state index contributed by atoms with van der Waals surface area (Å²) in [7, 11) is 0. The molecule has 1 nitrogen and oxygen atoms in total. The largest absolute Gasteiger partial charge is 0.330 e. The molecule has 60 valence electrons. The van der Waals surface area contributed by atoms with Gasteiger partial charge in [0.1, 0.15) is 4.49 Å². The lowest BCUT2D eigenvalue weighted by molar-refractivity contribution is 0.944. The summed E-state index contributed by atoms with van der Waals surface area (Å²) in [6.07, 6.45) is 2.84. The maximum Gasteiger partial charge on any atom is 0.103 e. The number of rotatable bonds is 5. The van der Waals surface area contributed by atoms with Crippen molar-refractivity contribution in [3.8, 4) is 0 Å². The van der Waals surface area contributed by atoms with Crippen molar-refractivity contribution in [1.82, 2.24) is 0 Å². The van der Waals surface area contributed by atoms with Gasteiger partial charge in [-0.1, -0.05) is 23.2 Å². The van der Waals surface area contributed by atoms with Crippen molar-refractivity contribution in [3.63, 3.8) is 0 Å². The summed E-state index contributed by atoms with van der Waals surface area (Å²) >= 11 is 12.5. The Morgan fingerprint density at radius 3 is 2.70 bits per heavy atom. The first-order chi connectivity index (χ1) is 4.77. The van der Waals surface area contributed by atoms with Crippen molar-refractivity contribution in [2.75, 3.05) is 18.1 Å². The molecule has 0 aromatic rings. The molecule has 0 rings (SSSR count). The second-order valence-electron chi connectivity index (χ2n) is 1.71. The first kappa shape index (κ1) is 10.6. The fourth-order valence-electron chi connectivity index (χ4n) is 0.391. The second kappa shape index (κ2) is 7.73. The molecular formula is C6H11Cl2NS. The Kier molecular flexibility index (Phi) is 8.22. The van der Waals surface area contributed by atoms with E-state index in [0.717, 1.165) is 24.5 Å². The fourth-order valence-corrected chi connectivity index (χ4v) is 1.55. The van der Waals surface area contributed by atoms with Crippen molar-refractivity contribution in [2.45, 2.75) is 6.42 Å². The highest BCUT2D eigenvalue weighted by Crippen LogP contribution is 2.09. The molecule has 0 aliphatic heterocycles. The first-order valence-corrected chi connectivity index (χ1v) is 4.97. The molecule has 0 saturated heterocycles. The van der Waals surface area contributed by atoms with E-state index in [4.69, 9.17) is 28.9 Å². The SMILES string of the molecule is NCCCSCC=C(Cl)Cl. The van der Waals surface area contributed by atoms with E-state index in [-0.39, 0.29) is 0 Å². The molecule has 0 aromatic heterocycles. The molecule has 4 heteroatoms. The molecule has 0 amide bonds. The van der Waals surface area contributed by atoms with E-state index in [9.17, 15) is 0 Å². The standard InChI is InChI=1S/C6H11Cl2NS/c7-6(8)2-5-10-4-1-3-9/h2H,1,3-5,9H2. The third kappa shape index (κ3) is 8.63. The van der Waals surface area contributed by atoms with Crippen molar-refractivity contribution in [2.24, 2.45) is 5.73 Å². The number of hydrogen-bond donors (Lipinski definition) is 1. The molecule has 2 N–H and O–H groups in total. The van der Waals surface area contributed by atoms with Gasteiger partial charge < -0.3 is 5.73 Å². The highest BCUT2D eigenvalue weighted by atomic mass is 35.5. The van der Waals surface area contributed by atoms with Gasteiger partial charge in [0.05, 0.1) is 0 Å². The molecule has 0 aliphatic rings. The zero-order valence-electron chi connectivity index (χ0n) is 5.65. The monoisotopic (exact) mass is 199 g/mol. The van der Waals surface area contributed by atoms with E-state index in [1.165, 1.54) is 0 Å². The molecule has 0 aliphatic carbocycles. The Morgan fingerprint density at radius 1 is 1.50 bits per heavy atom. The van der Waals surface area contributed by atoms with Crippen molar-refractivity contribution in [3.05, 3.63) is 10.6 Å². The van der Waals surface area contributed by atoms with Crippen LogP contribution in [0.4, 0.5) is 0 Å². The predicted octanol–water partition coefficient (Wildman–Crippen LogP) is 2.39. The van der Waals surface area contributed by atoms with Crippen LogP contribution in [0.25, 0.3) is 0 Å². The normalized spacial score (nSPS) is 9.50. The van der Waals surface area contributed by atoms with Gasteiger partial charge in [-0.25, -0.2) is 0 Å². The Morgan fingerprint density at radius 2 is 2.20 bits per heavy atom. The second-order valence-corrected chi connectivity index (χ2v) is 3.87. The number of hydrogen-bond acceptors (Lipinski definition) is 2.